The summed E-state index contributed by atoms with van der Waals surface area (Å²) in [6, 6.07) is 5.72. The maximum atomic E-state index is 11.3. The molecule has 7 nitrogen and oxygen atoms in total. The molecule has 2 N–H and O–H groups in total. The Morgan fingerprint density at radius 3 is 2.91 bits per heavy atom. The lowest BCUT2D eigenvalue weighted by Gasteiger charge is -2.14. The van der Waals surface area contributed by atoms with Crippen LogP contribution in [0, 0.1) is 0 Å². The molecule has 0 aliphatic rings. The fourth-order valence-corrected chi connectivity index (χ4v) is 2.29. The van der Waals surface area contributed by atoms with Crippen LogP contribution in [0.5, 0.6) is 0 Å². The maximum absolute atomic E-state index is 11.3. The molecule has 0 aliphatic carbocycles. The maximum Gasteiger partial charge on any atom is 0.307 e. The van der Waals surface area contributed by atoms with Crippen molar-refractivity contribution < 1.29 is 14.1 Å². The quantitative estimate of drug-likeness (QED) is 0.613. The van der Waals surface area contributed by atoms with Crippen LogP contribution in [0.3, 0.4) is 0 Å². The van der Waals surface area contributed by atoms with Crippen molar-refractivity contribution in [2.45, 2.75) is 13.3 Å². The zero-order valence-electron chi connectivity index (χ0n) is 13.4. The second-order valence-corrected chi connectivity index (χ2v) is 5.42. The summed E-state index contributed by atoms with van der Waals surface area (Å²) < 4.78 is 10.2. The highest BCUT2D eigenvalue weighted by atomic mass is 32.1. The summed E-state index contributed by atoms with van der Waals surface area (Å²) in [7, 11) is 3.89. The third kappa shape index (κ3) is 4.32. The van der Waals surface area contributed by atoms with Crippen molar-refractivity contribution in [1.29, 1.82) is 0 Å². The van der Waals surface area contributed by atoms with E-state index in [1.807, 2.05) is 37.2 Å². The SMILES string of the molecule is CCOC(=O)CCNC(=S)Nc1noc2cccc(N(C)C)c12. The molecule has 0 bridgehead atoms. The third-order valence-electron chi connectivity index (χ3n) is 3.11. The number of rotatable bonds is 6. The Labute approximate surface area is 139 Å². The first-order valence-corrected chi connectivity index (χ1v) is 7.70. The summed E-state index contributed by atoms with van der Waals surface area (Å²) in [5, 5.41) is 11.2. The minimum atomic E-state index is -0.260. The molecular weight excluding hydrogens is 316 g/mol. The van der Waals surface area contributed by atoms with E-state index in [0.29, 0.717) is 29.7 Å². The Balaban J connectivity index is 2.01. The Hall–Kier alpha value is -2.35. The van der Waals surface area contributed by atoms with E-state index in [4.69, 9.17) is 21.5 Å². The first-order valence-electron chi connectivity index (χ1n) is 7.29. The van der Waals surface area contributed by atoms with Crippen molar-refractivity contribution in [2.75, 3.05) is 37.5 Å². The molecule has 124 valence electrons. The molecule has 2 aromatic rings. The summed E-state index contributed by atoms with van der Waals surface area (Å²) in [4.78, 5) is 13.3. The van der Waals surface area contributed by atoms with Gasteiger partial charge in [-0.3, -0.25) is 4.79 Å². The van der Waals surface area contributed by atoms with Crippen molar-refractivity contribution in [3.63, 3.8) is 0 Å². The topological polar surface area (TPSA) is 79.6 Å². The minimum absolute atomic E-state index is 0.248. The van der Waals surface area contributed by atoms with Gasteiger partial charge < -0.3 is 24.8 Å². The lowest BCUT2D eigenvalue weighted by molar-refractivity contribution is -0.142. The number of carbonyl (C=O) groups is 1. The molecule has 2 rings (SSSR count). The number of hydrogen-bond donors (Lipinski definition) is 2. The van der Waals surface area contributed by atoms with Crippen molar-refractivity contribution >= 4 is 45.8 Å². The first-order chi connectivity index (χ1) is 11.0. The van der Waals surface area contributed by atoms with Gasteiger partial charge in [-0.05, 0) is 31.3 Å². The Morgan fingerprint density at radius 1 is 1.43 bits per heavy atom. The highest BCUT2D eigenvalue weighted by Gasteiger charge is 2.14. The molecule has 0 radical (unpaired) electrons. The number of thiocarbonyl (C=S) groups is 1. The second kappa shape index (κ2) is 7.77. The summed E-state index contributed by atoms with van der Waals surface area (Å²) in [5.74, 6) is 0.280. The van der Waals surface area contributed by atoms with Gasteiger partial charge in [0.25, 0.3) is 0 Å². The van der Waals surface area contributed by atoms with Gasteiger partial charge in [0, 0.05) is 20.6 Å². The predicted molar refractivity (Wildman–Crippen MR) is 93.8 cm³/mol. The predicted octanol–water partition coefficient (Wildman–Crippen LogP) is 2.13. The number of hydrogen-bond acceptors (Lipinski definition) is 6. The Bertz CT molecular complexity index is 699. The van der Waals surface area contributed by atoms with Gasteiger partial charge >= 0.3 is 5.97 Å². The van der Waals surface area contributed by atoms with Gasteiger partial charge in [-0.25, -0.2) is 0 Å². The van der Waals surface area contributed by atoms with E-state index in [-0.39, 0.29) is 12.4 Å². The van der Waals surface area contributed by atoms with Crippen LogP contribution in [-0.2, 0) is 9.53 Å². The van der Waals surface area contributed by atoms with Crippen LogP contribution in [0.15, 0.2) is 22.7 Å². The van der Waals surface area contributed by atoms with E-state index in [2.05, 4.69) is 15.8 Å². The van der Waals surface area contributed by atoms with Crippen molar-refractivity contribution in [1.82, 2.24) is 10.5 Å². The molecule has 0 saturated heterocycles. The van der Waals surface area contributed by atoms with Gasteiger partial charge in [0.05, 0.1) is 24.1 Å². The number of aromatic nitrogens is 1. The normalized spacial score (nSPS) is 10.4. The third-order valence-corrected chi connectivity index (χ3v) is 3.36. The van der Waals surface area contributed by atoms with Gasteiger partial charge in [0.1, 0.15) is 0 Å². The molecule has 0 aliphatic heterocycles. The van der Waals surface area contributed by atoms with E-state index >= 15 is 0 Å². The van der Waals surface area contributed by atoms with Gasteiger partial charge in [-0.15, -0.1) is 0 Å². The second-order valence-electron chi connectivity index (χ2n) is 5.01. The molecule has 0 atom stereocenters. The average molecular weight is 336 g/mol. The molecule has 23 heavy (non-hydrogen) atoms. The van der Waals surface area contributed by atoms with Crippen LogP contribution in [-0.4, -0.2) is 43.5 Å². The smallest absolute Gasteiger partial charge is 0.307 e. The van der Waals surface area contributed by atoms with Crippen LogP contribution in [0.4, 0.5) is 11.5 Å². The van der Waals surface area contributed by atoms with Crippen LogP contribution in [0.2, 0.25) is 0 Å². The van der Waals surface area contributed by atoms with Gasteiger partial charge in [-0.2, -0.15) is 0 Å². The number of benzene rings is 1. The van der Waals surface area contributed by atoms with Crippen molar-refractivity contribution in [2.24, 2.45) is 0 Å². The highest BCUT2D eigenvalue weighted by molar-refractivity contribution is 7.80. The monoisotopic (exact) mass is 336 g/mol. The molecule has 0 unspecified atom stereocenters. The zero-order valence-corrected chi connectivity index (χ0v) is 14.2. The lowest BCUT2D eigenvalue weighted by atomic mass is 10.2. The van der Waals surface area contributed by atoms with Crippen LogP contribution < -0.4 is 15.5 Å². The van der Waals surface area contributed by atoms with Crippen LogP contribution in [0.25, 0.3) is 11.0 Å². The van der Waals surface area contributed by atoms with E-state index in [0.717, 1.165) is 11.1 Å². The van der Waals surface area contributed by atoms with E-state index in [1.165, 1.54) is 0 Å². The highest BCUT2D eigenvalue weighted by Crippen LogP contribution is 2.31. The number of ether oxygens (including phenoxy) is 1. The number of nitrogens with one attached hydrogen (secondary N) is 2. The van der Waals surface area contributed by atoms with E-state index in [1.54, 1.807) is 6.92 Å². The largest absolute Gasteiger partial charge is 0.466 e. The molecule has 1 aromatic carbocycles. The summed E-state index contributed by atoms with van der Waals surface area (Å²) in [6.07, 6.45) is 0.248. The molecular formula is C15H20N4O3S. The van der Waals surface area contributed by atoms with Crippen LogP contribution in [0.1, 0.15) is 13.3 Å². The minimum Gasteiger partial charge on any atom is -0.466 e. The number of nitrogens with zero attached hydrogens (tertiary/aromatic N) is 2. The zero-order chi connectivity index (χ0) is 16.8. The number of carbonyl (C=O) groups excluding carboxylic acids is 1. The Morgan fingerprint density at radius 2 is 2.22 bits per heavy atom. The summed E-state index contributed by atoms with van der Waals surface area (Å²) in [5.41, 5.74) is 1.65. The molecule has 0 saturated carbocycles. The van der Waals surface area contributed by atoms with Gasteiger partial charge in [0.2, 0.25) is 0 Å². The number of fused-ring (bicyclic) bond motifs is 1. The molecule has 0 spiro atoms. The Kier molecular flexibility index (Phi) is 5.75. The number of esters is 1. The molecule has 8 heteroatoms. The molecule has 0 amide bonds. The fourth-order valence-electron chi connectivity index (χ4n) is 2.10. The van der Waals surface area contributed by atoms with Crippen LogP contribution >= 0.6 is 12.2 Å². The average Bonchev–Trinajstić information content (AvgIpc) is 2.90. The molecule has 0 fully saturated rings. The summed E-state index contributed by atoms with van der Waals surface area (Å²) in [6.45, 7) is 2.54. The molecule has 1 heterocycles. The van der Waals surface area contributed by atoms with E-state index in [9.17, 15) is 4.79 Å². The van der Waals surface area contributed by atoms with Crippen molar-refractivity contribution in [3.8, 4) is 0 Å². The lowest BCUT2D eigenvalue weighted by Crippen LogP contribution is -2.30. The first kappa shape index (κ1) is 17.0. The fraction of sp³-hybridized carbons (Fsp3) is 0.400. The van der Waals surface area contributed by atoms with Gasteiger partial charge in [0.15, 0.2) is 16.5 Å². The van der Waals surface area contributed by atoms with Crippen molar-refractivity contribution in [3.05, 3.63) is 18.2 Å². The van der Waals surface area contributed by atoms with E-state index < -0.39 is 0 Å². The standard InChI is InChI=1S/C15H20N4O3S/c1-4-21-12(20)8-9-16-15(23)17-14-13-10(19(2)3)6-5-7-11(13)22-18-14/h5-7H,4,8-9H2,1-3H3,(H2,16,17,18,23). The number of anilines is 2. The molecule has 1 aromatic heterocycles. The van der Waals surface area contributed by atoms with Gasteiger partial charge in [-0.1, -0.05) is 11.2 Å². The summed E-state index contributed by atoms with van der Waals surface area (Å²) >= 11 is 5.22.